The van der Waals surface area contributed by atoms with Crippen molar-refractivity contribution in [3.63, 3.8) is 0 Å². The second-order valence-electron chi connectivity index (χ2n) is 6.16. The molecule has 0 radical (unpaired) electrons. The average molecular weight is 447 g/mol. The number of urea groups is 1. The molecule has 0 spiro atoms. The number of carbonyl (C=O) groups is 2. The molecular weight excluding hydrogens is 431 g/mol. The van der Waals surface area contributed by atoms with E-state index >= 15 is 0 Å². The van der Waals surface area contributed by atoms with Crippen LogP contribution in [0.25, 0.3) is 0 Å². The quantitative estimate of drug-likeness (QED) is 0.488. The number of halogens is 3. The highest BCUT2D eigenvalue weighted by Crippen LogP contribution is 2.30. The molecule has 3 N–H and O–H groups in total. The third-order valence-corrected chi connectivity index (χ3v) is 3.83. The van der Waals surface area contributed by atoms with Crippen LogP contribution in [0.2, 0.25) is 0 Å². The van der Waals surface area contributed by atoms with Gasteiger partial charge in [0.05, 0.1) is 12.7 Å². The summed E-state index contributed by atoms with van der Waals surface area (Å²) in [5.74, 6) is -0.257. The minimum atomic E-state index is -4.52. The molecule has 166 valence electrons. The van der Waals surface area contributed by atoms with Crippen molar-refractivity contribution in [2.24, 2.45) is 0 Å². The highest BCUT2D eigenvalue weighted by Gasteiger charge is 2.30. The van der Waals surface area contributed by atoms with Crippen LogP contribution < -0.4 is 20.9 Å². The first-order chi connectivity index (χ1) is 15.2. The fourth-order valence-electron chi connectivity index (χ4n) is 2.49. The lowest BCUT2D eigenvalue weighted by Gasteiger charge is -2.11. The van der Waals surface area contributed by atoms with Crippen LogP contribution in [-0.2, 0) is 11.0 Å². The van der Waals surface area contributed by atoms with Crippen molar-refractivity contribution >= 4 is 23.3 Å². The first-order valence-corrected chi connectivity index (χ1v) is 8.93. The van der Waals surface area contributed by atoms with Crippen molar-refractivity contribution in [3.8, 4) is 11.6 Å². The third-order valence-electron chi connectivity index (χ3n) is 3.83. The minimum absolute atomic E-state index is 0.00611. The molecule has 0 saturated heterocycles. The Morgan fingerprint density at radius 3 is 2.31 bits per heavy atom. The average Bonchev–Trinajstić information content (AvgIpc) is 2.74. The summed E-state index contributed by atoms with van der Waals surface area (Å²) >= 11 is 0. The topological polar surface area (TPSA) is 114 Å². The van der Waals surface area contributed by atoms with Gasteiger partial charge in [-0.15, -0.1) is 0 Å². The summed E-state index contributed by atoms with van der Waals surface area (Å²) in [6, 6.07) is 11.0. The number of benzene rings is 2. The van der Waals surface area contributed by atoms with Gasteiger partial charge in [0.15, 0.2) is 0 Å². The number of alkyl halides is 3. The first kappa shape index (κ1) is 22.5. The number of amides is 3. The third kappa shape index (κ3) is 6.15. The van der Waals surface area contributed by atoms with Crippen LogP contribution in [0.3, 0.4) is 0 Å². The van der Waals surface area contributed by atoms with Crippen molar-refractivity contribution in [2.75, 3.05) is 17.7 Å². The molecule has 0 unspecified atom stereocenters. The number of carbonyl (C=O) groups excluding carboxylic acids is 2. The summed E-state index contributed by atoms with van der Waals surface area (Å²) in [7, 11) is 1.28. The minimum Gasteiger partial charge on any atom is -0.439 e. The van der Waals surface area contributed by atoms with Crippen LogP contribution in [0.1, 0.15) is 16.1 Å². The lowest BCUT2D eigenvalue weighted by Crippen LogP contribution is -2.22. The Balaban J connectivity index is 1.66. The molecule has 3 aromatic rings. The van der Waals surface area contributed by atoms with Gasteiger partial charge >= 0.3 is 12.2 Å². The predicted octanol–water partition coefficient (Wildman–Crippen LogP) is 4.22. The summed E-state index contributed by atoms with van der Waals surface area (Å²) in [5.41, 5.74) is 1.52. The van der Waals surface area contributed by atoms with E-state index in [9.17, 15) is 22.8 Å². The molecule has 2 aromatic carbocycles. The molecule has 0 aliphatic carbocycles. The molecule has 0 atom stereocenters. The van der Waals surface area contributed by atoms with Gasteiger partial charge in [-0.25, -0.2) is 20.2 Å². The Labute approximate surface area is 179 Å². The van der Waals surface area contributed by atoms with E-state index in [0.29, 0.717) is 5.69 Å². The number of aromatic nitrogens is 2. The summed E-state index contributed by atoms with van der Waals surface area (Å²) in [6.07, 6.45) is -3.39. The van der Waals surface area contributed by atoms with Gasteiger partial charge in [0, 0.05) is 23.5 Å². The number of rotatable bonds is 6. The lowest BCUT2D eigenvalue weighted by atomic mass is 10.2. The maximum atomic E-state index is 12.8. The zero-order chi connectivity index (χ0) is 23.1. The van der Waals surface area contributed by atoms with Crippen molar-refractivity contribution in [1.29, 1.82) is 0 Å². The highest BCUT2D eigenvalue weighted by molar-refractivity contribution is 5.99. The Morgan fingerprint density at radius 2 is 1.62 bits per heavy atom. The zero-order valence-electron chi connectivity index (χ0n) is 16.4. The molecule has 3 amide bonds. The highest BCUT2D eigenvalue weighted by atomic mass is 19.4. The molecule has 0 bridgehead atoms. The monoisotopic (exact) mass is 447 g/mol. The number of hydrogen-bond donors (Lipinski definition) is 3. The number of nitrogens with zero attached hydrogens (tertiary/aromatic N) is 2. The van der Waals surface area contributed by atoms with Crippen molar-refractivity contribution in [2.45, 2.75) is 6.18 Å². The van der Waals surface area contributed by atoms with E-state index in [1.807, 2.05) is 0 Å². The summed E-state index contributed by atoms with van der Waals surface area (Å²) < 4.78 is 44.0. The Hall–Kier alpha value is -4.19. The van der Waals surface area contributed by atoms with Gasteiger partial charge in [0.2, 0.25) is 5.88 Å². The van der Waals surface area contributed by atoms with E-state index in [-0.39, 0.29) is 23.0 Å². The number of anilines is 2. The van der Waals surface area contributed by atoms with E-state index in [0.717, 1.165) is 18.5 Å². The van der Waals surface area contributed by atoms with Crippen LogP contribution in [0.15, 0.2) is 60.9 Å². The van der Waals surface area contributed by atoms with Gasteiger partial charge in [-0.3, -0.25) is 9.63 Å². The van der Waals surface area contributed by atoms with Gasteiger partial charge in [-0.2, -0.15) is 13.2 Å². The number of nitrogens with one attached hydrogen (secondary N) is 3. The van der Waals surface area contributed by atoms with E-state index in [1.54, 1.807) is 18.2 Å². The standard InChI is InChI=1S/C20H16F3N5O4/c1-31-28-18(29)16-10-17(25-11-24-16)32-15-7-3-6-14(9-15)27-19(30)26-13-5-2-4-12(8-13)20(21,22)23/h2-11H,1H3,(H,28,29)(H2,26,27,30). The van der Waals surface area contributed by atoms with Crippen LogP contribution in [0.4, 0.5) is 29.3 Å². The Kier molecular flexibility index (Phi) is 6.85. The van der Waals surface area contributed by atoms with Gasteiger partial charge in [0.1, 0.15) is 17.8 Å². The molecule has 1 heterocycles. The first-order valence-electron chi connectivity index (χ1n) is 8.93. The number of hydroxylamine groups is 1. The van der Waals surface area contributed by atoms with Crippen LogP contribution in [0.5, 0.6) is 11.6 Å². The molecule has 0 aliphatic rings. The summed E-state index contributed by atoms with van der Waals surface area (Å²) in [6.45, 7) is 0. The van der Waals surface area contributed by atoms with Crippen LogP contribution in [0, 0.1) is 0 Å². The molecule has 0 aliphatic heterocycles. The van der Waals surface area contributed by atoms with Gasteiger partial charge in [0.25, 0.3) is 5.91 Å². The van der Waals surface area contributed by atoms with Gasteiger partial charge in [-0.1, -0.05) is 12.1 Å². The summed E-state index contributed by atoms with van der Waals surface area (Å²) in [4.78, 5) is 36.2. The SMILES string of the molecule is CONC(=O)c1cc(Oc2cccc(NC(=O)Nc3cccc(C(F)(F)F)c3)c2)ncn1. The lowest BCUT2D eigenvalue weighted by molar-refractivity contribution is -0.137. The smallest absolute Gasteiger partial charge is 0.416 e. The molecule has 9 nitrogen and oxygen atoms in total. The van der Waals surface area contributed by atoms with Crippen molar-refractivity contribution in [3.05, 3.63) is 72.2 Å². The molecule has 32 heavy (non-hydrogen) atoms. The zero-order valence-corrected chi connectivity index (χ0v) is 16.4. The second kappa shape index (κ2) is 9.75. The maximum Gasteiger partial charge on any atom is 0.416 e. The maximum absolute atomic E-state index is 12.8. The van der Waals surface area contributed by atoms with E-state index < -0.39 is 23.7 Å². The van der Waals surface area contributed by atoms with Gasteiger partial charge < -0.3 is 15.4 Å². The Bertz CT molecular complexity index is 1120. The molecule has 0 saturated carbocycles. The Morgan fingerprint density at radius 1 is 0.938 bits per heavy atom. The van der Waals surface area contributed by atoms with Crippen molar-refractivity contribution in [1.82, 2.24) is 15.4 Å². The number of ether oxygens (including phenoxy) is 1. The molecule has 12 heteroatoms. The van der Waals surface area contributed by atoms with E-state index in [4.69, 9.17) is 4.74 Å². The molecule has 0 fully saturated rings. The van der Waals surface area contributed by atoms with Crippen LogP contribution >= 0.6 is 0 Å². The van der Waals surface area contributed by atoms with Crippen LogP contribution in [-0.4, -0.2) is 29.0 Å². The molecular formula is C20H16F3N5O4. The van der Waals surface area contributed by atoms with E-state index in [2.05, 4.69) is 30.9 Å². The second-order valence-corrected chi connectivity index (χ2v) is 6.16. The van der Waals surface area contributed by atoms with Crippen molar-refractivity contribution < 1.29 is 32.3 Å². The largest absolute Gasteiger partial charge is 0.439 e. The van der Waals surface area contributed by atoms with Gasteiger partial charge in [-0.05, 0) is 30.3 Å². The normalized spacial score (nSPS) is 10.9. The fourth-order valence-corrected chi connectivity index (χ4v) is 2.49. The molecule has 1 aromatic heterocycles. The number of hydrogen-bond acceptors (Lipinski definition) is 6. The fraction of sp³-hybridized carbons (Fsp3) is 0.100. The molecule has 3 rings (SSSR count). The predicted molar refractivity (Wildman–Crippen MR) is 107 cm³/mol. The van der Waals surface area contributed by atoms with E-state index in [1.165, 1.54) is 31.4 Å². The summed E-state index contributed by atoms with van der Waals surface area (Å²) in [5, 5.41) is 4.83.